The average Bonchev–Trinajstić information content (AvgIpc) is 3.18. The van der Waals surface area contributed by atoms with E-state index < -0.39 is 66.2 Å². The lowest BCUT2D eigenvalue weighted by Gasteiger charge is -2.28. The molecule has 1 fully saturated rings. The number of hydrogen-bond acceptors (Lipinski definition) is 8. The third kappa shape index (κ3) is 8.05. The number of carbonyl (C=O) groups excluding carboxylic acids is 4. The summed E-state index contributed by atoms with van der Waals surface area (Å²) in [7, 11) is 0. The summed E-state index contributed by atoms with van der Waals surface area (Å²) in [6, 6.07) is -5.08. The summed E-state index contributed by atoms with van der Waals surface area (Å²) in [6.45, 7) is 0.144. The van der Waals surface area contributed by atoms with Gasteiger partial charge in [-0.2, -0.15) is 12.6 Å². The second-order valence-electron chi connectivity index (χ2n) is 7.04. The Morgan fingerprint density at radius 2 is 1.68 bits per heavy atom. The summed E-state index contributed by atoms with van der Waals surface area (Å²) in [5, 5.41) is 22.8. The van der Waals surface area contributed by atoms with Crippen molar-refractivity contribution in [1.29, 1.82) is 0 Å². The van der Waals surface area contributed by atoms with Gasteiger partial charge in [-0.25, -0.2) is 4.79 Å². The van der Waals surface area contributed by atoms with Gasteiger partial charge in [-0.05, 0) is 19.3 Å². The highest BCUT2D eigenvalue weighted by atomic mass is 32.1. The molecule has 4 amide bonds. The quantitative estimate of drug-likeness (QED) is 0.147. The molecular formula is C17H27N5O8S. The van der Waals surface area contributed by atoms with E-state index in [0.29, 0.717) is 6.42 Å². The van der Waals surface area contributed by atoms with Gasteiger partial charge in [0.2, 0.25) is 23.6 Å². The van der Waals surface area contributed by atoms with Crippen molar-refractivity contribution in [2.24, 2.45) is 11.5 Å². The number of carboxylic acids is 2. The Hall–Kier alpha value is -2.87. The molecule has 0 aromatic rings. The third-order valence-electron chi connectivity index (χ3n) is 4.66. The number of amides is 4. The average molecular weight is 461 g/mol. The van der Waals surface area contributed by atoms with E-state index in [9.17, 15) is 33.9 Å². The fourth-order valence-corrected chi connectivity index (χ4v) is 3.22. The van der Waals surface area contributed by atoms with Gasteiger partial charge < -0.3 is 37.2 Å². The highest BCUT2D eigenvalue weighted by Gasteiger charge is 2.38. The van der Waals surface area contributed by atoms with Crippen LogP contribution in [0.25, 0.3) is 0 Å². The lowest BCUT2D eigenvalue weighted by Crippen LogP contribution is -2.57. The zero-order valence-electron chi connectivity index (χ0n) is 16.7. The van der Waals surface area contributed by atoms with Gasteiger partial charge in [0, 0.05) is 18.7 Å². The van der Waals surface area contributed by atoms with Gasteiger partial charge >= 0.3 is 11.9 Å². The number of carbonyl (C=O) groups is 6. The van der Waals surface area contributed by atoms with Crippen LogP contribution >= 0.6 is 12.6 Å². The molecule has 1 saturated heterocycles. The lowest BCUT2D eigenvalue weighted by molar-refractivity contribution is -0.150. The molecular weight excluding hydrogens is 434 g/mol. The molecule has 8 N–H and O–H groups in total. The van der Waals surface area contributed by atoms with Crippen molar-refractivity contribution in [1.82, 2.24) is 15.5 Å². The Morgan fingerprint density at radius 3 is 2.19 bits per heavy atom. The molecule has 0 aromatic carbocycles. The number of nitrogens with zero attached hydrogens (tertiary/aromatic N) is 1. The molecule has 0 bridgehead atoms. The van der Waals surface area contributed by atoms with Crippen LogP contribution < -0.4 is 22.1 Å². The van der Waals surface area contributed by atoms with E-state index in [1.807, 2.05) is 0 Å². The Labute approximate surface area is 183 Å². The number of carboxylic acid groups (broad SMARTS) is 2. The summed E-state index contributed by atoms with van der Waals surface area (Å²) in [5.41, 5.74) is 10.6. The van der Waals surface area contributed by atoms with E-state index in [0.717, 1.165) is 4.90 Å². The maximum absolute atomic E-state index is 12.9. The minimum Gasteiger partial charge on any atom is -0.481 e. The lowest BCUT2D eigenvalue weighted by atomic mass is 10.1. The summed E-state index contributed by atoms with van der Waals surface area (Å²) >= 11 is 3.86. The summed E-state index contributed by atoms with van der Waals surface area (Å²) in [6.07, 6.45) is -0.639. The molecule has 1 rings (SSSR count). The van der Waals surface area contributed by atoms with Crippen molar-refractivity contribution in [2.75, 3.05) is 12.3 Å². The molecule has 174 valence electrons. The van der Waals surface area contributed by atoms with Crippen LogP contribution in [0.5, 0.6) is 0 Å². The molecule has 13 nitrogen and oxygen atoms in total. The SMILES string of the molecule is NC(=O)CCC(NC(=O)C(CC(=O)O)NC(=O)C(N)CS)C(=O)N1CCCC1C(=O)O. The van der Waals surface area contributed by atoms with Gasteiger partial charge in [-0.1, -0.05) is 0 Å². The van der Waals surface area contributed by atoms with Crippen molar-refractivity contribution in [3.63, 3.8) is 0 Å². The maximum Gasteiger partial charge on any atom is 0.326 e. The second-order valence-corrected chi connectivity index (χ2v) is 7.41. The predicted octanol–water partition coefficient (Wildman–Crippen LogP) is -2.97. The van der Waals surface area contributed by atoms with E-state index in [-0.39, 0.29) is 31.6 Å². The van der Waals surface area contributed by atoms with Gasteiger partial charge in [-0.15, -0.1) is 0 Å². The van der Waals surface area contributed by atoms with E-state index >= 15 is 0 Å². The zero-order valence-corrected chi connectivity index (χ0v) is 17.5. The van der Waals surface area contributed by atoms with Gasteiger partial charge in [0.25, 0.3) is 0 Å². The van der Waals surface area contributed by atoms with Crippen molar-refractivity contribution in [3.8, 4) is 0 Å². The number of primary amides is 1. The minimum atomic E-state index is -1.56. The number of aliphatic carboxylic acids is 2. The normalized spacial score (nSPS) is 18.5. The minimum absolute atomic E-state index is 0.0570. The molecule has 0 aliphatic carbocycles. The number of rotatable bonds is 12. The van der Waals surface area contributed by atoms with E-state index in [1.54, 1.807) is 0 Å². The molecule has 0 spiro atoms. The molecule has 1 heterocycles. The van der Waals surface area contributed by atoms with Gasteiger partial charge in [0.1, 0.15) is 18.1 Å². The smallest absolute Gasteiger partial charge is 0.326 e. The monoisotopic (exact) mass is 461 g/mol. The van der Waals surface area contributed by atoms with Crippen LogP contribution in [0, 0.1) is 0 Å². The Morgan fingerprint density at radius 1 is 1.06 bits per heavy atom. The molecule has 1 aliphatic rings. The molecule has 31 heavy (non-hydrogen) atoms. The number of nitrogens with two attached hydrogens (primary N) is 2. The van der Waals surface area contributed by atoms with Gasteiger partial charge in [0.05, 0.1) is 12.5 Å². The van der Waals surface area contributed by atoms with Crippen LogP contribution in [0.4, 0.5) is 0 Å². The number of nitrogens with one attached hydrogen (secondary N) is 2. The number of likely N-dealkylation sites (tertiary alicyclic amines) is 1. The first-order valence-corrected chi connectivity index (χ1v) is 10.1. The molecule has 4 unspecified atom stereocenters. The zero-order chi connectivity index (χ0) is 23.7. The third-order valence-corrected chi connectivity index (χ3v) is 5.05. The Kier molecular flexibility index (Phi) is 10.2. The highest BCUT2D eigenvalue weighted by Crippen LogP contribution is 2.19. The van der Waals surface area contributed by atoms with Crippen LogP contribution in [0.1, 0.15) is 32.1 Å². The highest BCUT2D eigenvalue weighted by molar-refractivity contribution is 7.80. The Balaban J connectivity index is 3.03. The second kappa shape index (κ2) is 12.1. The summed E-state index contributed by atoms with van der Waals surface area (Å²) in [5.74, 6) is -5.98. The predicted molar refractivity (Wildman–Crippen MR) is 109 cm³/mol. The molecule has 0 saturated carbocycles. The van der Waals surface area contributed by atoms with Crippen molar-refractivity contribution < 1.29 is 39.0 Å². The standard InChI is InChI=1S/C17H27N5O8S/c18-8(7-31)14(26)21-10(6-13(24)25)15(27)20-9(3-4-12(19)23)16(28)22-5-1-2-11(22)17(29)30/h8-11,31H,1-7,18H2,(H2,19,23)(H,20,27)(H,21,26)(H,24,25)(H,29,30). The van der Waals surface area contributed by atoms with Crippen LogP contribution in [-0.4, -0.2) is 87.1 Å². The molecule has 0 aromatic heterocycles. The molecule has 0 radical (unpaired) electrons. The van der Waals surface area contributed by atoms with Crippen molar-refractivity contribution in [2.45, 2.75) is 56.3 Å². The number of hydrogen-bond donors (Lipinski definition) is 7. The largest absolute Gasteiger partial charge is 0.481 e. The van der Waals surface area contributed by atoms with E-state index in [2.05, 4.69) is 23.3 Å². The first-order valence-electron chi connectivity index (χ1n) is 9.48. The van der Waals surface area contributed by atoms with Crippen molar-refractivity contribution >= 4 is 48.2 Å². The van der Waals surface area contributed by atoms with Gasteiger partial charge in [-0.3, -0.25) is 24.0 Å². The van der Waals surface area contributed by atoms with Crippen LogP contribution in [0.2, 0.25) is 0 Å². The summed E-state index contributed by atoms with van der Waals surface area (Å²) in [4.78, 5) is 72.3. The summed E-state index contributed by atoms with van der Waals surface area (Å²) < 4.78 is 0. The van der Waals surface area contributed by atoms with Crippen LogP contribution in [-0.2, 0) is 28.8 Å². The molecule has 14 heteroatoms. The van der Waals surface area contributed by atoms with Crippen molar-refractivity contribution in [3.05, 3.63) is 0 Å². The van der Waals surface area contributed by atoms with Crippen LogP contribution in [0.15, 0.2) is 0 Å². The van der Waals surface area contributed by atoms with Crippen LogP contribution in [0.3, 0.4) is 0 Å². The fraction of sp³-hybridized carbons (Fsp3) is 0.647. The molecule has 4 atom stereocenters. The maximum atomic E-state index is 12.9. The van der Waals surface area contributed by atoms with E-state index in [1.165, 1.54) is 0 Å². The molecule has 1 aliphatic heterocycles. The topological polar surface area (TPSA) is 222 Å². The first-order chi connectivity index (χ1) is 14.5. The number of thiol groups is 1. The first kappa shape index (κ1) is 26.2. The van der Waals surface area contributed by atoms with E-state index in [4.69, 9.17) is 16.6 Å². The van der Waals surface area contributed by atoms with Gasteiger partial charge in [0.15, 0.2) is 0 Å². The fourth-order valence-electron chi connectivity index (χ4n) is 3.05. The Bertz CT molecular complexity index is 733.